The molecule has 1 aromatic heterocycles. The van der Waals surface area contributed by atoms with Crippen molar-refractivity contribution in [3.8, 4) is 17.2 Å². The van der Waals surface area contributed by atoms with Crippen molar-refractivity contribution in [2.24, 2.45) is 0 Å². The van der Waals surface area contributed by atoms with E-state index in [1.54, 1.807) is 7.11 Å². The van der Waals surface area contributed by atoms with Crippen molar-refractivity contribution >= 4 is 0 Å². The number of nitrogens with zero attached hydrogens (tertiary/aromatic N) is 3. The SMILES string of the molecule is COCCOc1cccc(-c2nc(C3CNCCN3C)no2)c1. The fraction of sp³-hybridized carbons (Fsp3) is 0.500. The molecule has 0 spiro atoms. The first-order chi connectivity index (χ1) is 11.3. The first-order valence-corrected chi connectivity index (χ1v) is 7.74. The summed E-state index contributed by atoms with van der Waals surface area (Å²) in [6.07, 6.45) is 0. The number of nitrogens with one attached hydrogen (secondary N) is 1. The second kappa shape index (κ2) is 7.54. The molecule has 7 heteroatoms. The number of piperazine rings is 1. The highest BCUT2D eigenvalue weighted by Crippen LogP contribution is 2.25. The molecule has 2 heterocycles. The third kappa shape index (κ3) is 3.87. The number of methoxy groups -OCH3 is 1. The lowest BCUT2D eigenvalue weighted by Gasteiger charge is -2.30. The van der Waals surface area contributed by atoms with Gasteiger partial charge in [-0.2, -0.15) is 4.98 Å². The summed E-state index contributed by atoms with van der Waals surface area (Å²) in [5.41, 5.74) is 0.852. The van der Waals surface area contributed by atoms with Crippen LogP contribution < -0.4 is 10.1 Å². The van der Waals surface area contributed by atoms with Crippen LogP contribution in [0, 0.1) is 0 Å². The van der Waals surface area contributed by atoms with Crippen LogP contribution in [0.25, 0.3) is 11.5 Å². The van der Waals surface area contributed by atoms with Crippen molar-refractivity contribution in [2.75, 3.05) is 47.0 Å². The summed E-state index contributed by atoms with van der Waals surface area (Å²) in [4.78, 5) is 6.78. The van der Waals surface area contributed by atoms with Gasteiger partial charge in [-0.1, -0.05) is 11.2 Å². The van der Waals surface area contributed by atoms with Gasteiger partial charge in [0.05, 0.1) is 12.6 Å². The van der Waals surface area contributed by atoms with Crippen LogP contribution in [0.3, 0.4) is 0 Å². The Kier molecular flexibility index (Phi) is 5.22. The van der Waals surface area contributed by atoms with Crippen molar-refractivity contribution in [1.82, 2.24) is 20.4 Å². The molecule has 1 aromatic carbocycles. The van der Waals surface area contributed by atoms with Crippen molar-refractivity contribution in [2.45, 2.75) is 6.04 Å². The third-order valence-corrected chi connectivity index (χ3v) is 3.89. The third-order valence-electron chi connectivity index (χ3n) is 3.89. The maximum atomic E-state index is 5.62. The van der Waals surface area contributed by atoms with Gasteiger partial charge in [-0.05, 0) is 25.2 Å². The van der Waals surface area contributed by atoms with Crippen LogP contribution in [0.15, 0.2) is 28.8 Å². The number of aromatic nitrogens is 2. The molecule has 1 N–H and O–H groups in total. The van der Waals surface area contributed by atoms with Crippen LogP contribution in [-0.4, -0.2) is 62.0 Å². The van der Waals surface area contributed by atoms with E-state index in [2.05, 4.69) is 27.4 Å². The molecule has 0 aliphatic carbocycles. The molecule has 124 valence electrons. The molecular weight excluding hydrogens is 296 g/mol. The Morgan fingerprint density at radius 1 is 1.39 bits per heavy atom. The predicted octanol–water partition coefficient (Wildman–Crippen LogP) is 1.34. The molecule has 1 aliphatic heterocycles. The molecule has 0 radical (unpaired) electrons. The first kappa shape index (κ1) is 15.9. The summed E-state index contributed by atoms with van der Waals surface area (Å²) in [7, 11) is 3.72. The van der Waals surface area contributed by atoms with E-state index in [-0.39, 0.29) is 6.04 Å². The van der Waals surface area contributed by atoms with Crippen molar-refractivity contribution in [3.05, 3.63) is 30.1 Å². The zero-order valence-corrected chi connectivity index (χ0v) is 13.5. The first-order valence-electron chi connectivity index (χ1n) is 7.74. The standard InChI is InChI=1S/C16H22N4O3/c1-20-7-6-17-11-14(20)15-18-16(23-19-15)12-4-3-5-13(10-12)22-9-8-21-2/h3-5,10,14,17H,6-9,11H2,1-2H3. The summed E-state index contributed by atoms with van der Waals surface area (Å²) in [5, 5.41) is 7.50. The van der Waals surface area contributed by atoms with Gasteiger partial charge in [0.2, 0.25) is 0 Å². The predicted molar refractivity (Wildman–Crippen MR) is 85.3 cm³/mol. The molecule has 0 bridgehead atoms. The van der Waals surface area contributed by atoms with Crippen molar-refractivity contribution in [1.29, 1.82) is 0 Å². The van der Waals surface area contributed by atoms with Gasteiger partial charge in [-0.3, -0.25) is 4.90 Å². The highest BCUT2D eigenvalue weighted by Gasteiger charge is 2.25. The summed E-state index contributed by atoms with van der Waals surface area (Å²) < 4.78 is 16.0. The minimum absolute atomic E-state index is 0.141. The number of likely N-dealkylation sites (N-methyl/N-ethyl adjacent to an activating group) is 1. The average Bonchev–Trinajstić information content (AvgIpc) is 3.06. The summed E-state index contributed by atoms with van der Waals surface area (Å²) in [6, 6.07) is 7.78. The smallest absolute Gasteiger partial charge is 0.258 e. The molecule has 23 heavy (non-hydrogen) atoms. The van der Waals surface area contributed by atoms with E-state index in [0.29, 0.717) is 24.9 Å². The normalized spacial score (nSPS) is 19.0. The Morgan fingerprint density at radius 3 is 3.13 bits per heavy atom. The van der Waals surface area contributed by atoms with E-state index in [4.69, 9.17) is 14.0 Å². The molecule has 1 atom stereocenters. The van der Waals surface area contributed by atoms with Crippen LogP contribution in [-0.2, 0) is 4.74 Å². The second-order valence-corrected chi connectivity index (χ2v) is 5.53. The van der Waals surface area contributed by atoms with Gasteiger partial charge in [0.15, 0.2) is 5.82 Å². The average molecular weight is 318 g/mol. The van der Waals surface area contributed by atoms with Crippen molar-refractivity contribution in [3.63, 3.8) is 0 Å². The zero-order valence-electron chi connectivity index (χ0n) is 13.5. The summed E-state index contributed by atoms with van der Waals surface area (Å²) >= 11 is 0. The van der Waals surface area contributed by atoms with Crippen LogP contribution >= 0.6 is 0 Å². The van der Waals surface area contributed by atoms with Gasteiger partial charge in [0, 0.05) is 32.3 Å². The van der Waals surface area contributed by atoms with Gasteiger partial charge in [-0.25, -0.2) is 0 Å². The van der Waals surface area contributed by atoms with Gasteiger partial charge >= 0.3 is 0 Å². The molecule has 1 aliphatic rings. The molecule has 2 aromatic rings. The Balaban J connectivity index is 1.73. The lowest BCUT2D eigenvalue weighted by Crippen LogP contribution is -2.44. The van der Waals surface area contributed by atoms with E-state index in [9.17, 15) is 0 Å². The number of rotatable bonds is 6. The van der Waals surface area contributed by atoms with Gasteiger partial charge < -0.3 is 19.3 Å². The lowest BCUT2D eigenvalue weighted by atomic mass is 10.2. The molecule has 0 saturated carbocycles. The fourth-order valence-electron chi connectivity index (χ4n) is 2.54. The minimum Gasteiger partial charge on any atom is -0.491 e. The number of ether oxygens (including phenoxy) is 2. The van der Waals surface area contributed by atoms with E-state index >= 15 is 0 Å². The van der Waals surface area contributed by atoms with E-state index in [1.165, 1.54) is 0 Å². The van der Waals surface area contributed by atoms with Gasteiger partial charge in [-0.15, -0.1) is 0 Å². The Labute approximate surface area is 135 Å². The number of hydrogen-bond donors (Lipinski definition) is 1. The van der Waals surface area contributed by atoms with Gasteiger partial charge in [0.25, 0.3) is 5.89 Å². The molecular formula is C16H22N4O3. The maximum absolute atomic E-state index is 5.62. The van der Waals surface area contributed by atoms with Crippen LogP contribution in [0.2, 0.25) is 0 Å². The molecule has 0 amide bonds. The molecule has 7 nitrogen and oxygen atoms in total. The molecule has 1 saturated heterocycles. The minimum atomic E-state index is 0.141. The van der Waals surface area contributed by atoms with Crippen molar-refractivity contribution < 1.29 is 14.0 Å². The van der Waals surface area contributed by atoms with E-state index < -0.39 is 0 Å². The lowest BCUT2D eigenvalue weighted by molar-refractivity contribution is 0.146. The summed E-state index contributed by atoms with van der Waals surface area (Å²) in [5.74, 6) is 1.98. The fourth-order valence-corrected chi connectivity index (χ4v) is 2.54. The largest absolute Gasteiger partial charge is 0.491 e. The maximum Gasteiger partial charge on any atom is 0.258 e. The quantitative estimate of drug-likeness (QED) is 0.806. The zero-order chi connectivity index (χ0) is 16.1. The van der Waals surface area contributed by atoms with E-state index in [0.717, 1.165) is 30.9 Å². The van der Waals surface area contributed by atoms with E-state index in [1.807, 2.05) is 24.3 Å². The van der Waals surface area contributed by atoms with Crippen LogP contribution in [0.4, 0.5) is 0 Å². The molecule has 1 fully saturated rings. The monoisotopic (exact) mass is 318 g/mol. The number of hydrogen-bond acceptors (Lipinski definition) is 7. The highest BCUT2D eigenvalue weighted by atomic mass is 16.5. The Hall–Kier alpha value is -1.96. The molecule has 3 rings (SSSR count). The Bertz CT molecular complexity index is 631. The number of benzene rings is 1. The van der Waals surface area contributed by atoms with Crippen LogP contribution in [0.5, 0.6) is 5.75 Å². The second-order valence-electron chi connectivity index (χ2n) is 5.53. The van der Waals surface area contributed by atoms with Crippen LogP contribution in [0.1, 0.15) is 11.9 Å². The topological polar surface area (TPSA) is 72.7 Å². The highest BCUT2D eigenvalue weighted by molar-refractivity contribution is 5.55. The summed E-state index contributed by atoms with van der Waals surface area (Å²) in [6.45, 7) is 3.84. The molecule has 1 unspecified atom stereocenters. The van der Waals surface area contributed by atoms with Gasteiger partial charge in [0.1, 0.15) is 12.4 Å². The Morgan fingerprint density at radius 2 is 2.30 bits per heavy atom.